The molecule has 0 radical (unpaired) electrons. The maximum absolute atomic E-state index is 11.9. The molecule has 4 heteroatoms. The van der Waals surface area contributed by atoms with Gasteiger partial charge in [-0.15, -0.1) is 0 Å². The Balaban J connectivity index is 1.65. The first kappa shape index (κ1) is 16.8. The van der Waals surface area contributed by atoms with Gasteiger partial charge in [-0.3, -0.25) is 4.79 Å². The Morgan fingerprint density at radius 3 is 2.76 bits per heavy atom. The second-order valence-electron chi connectivity index (χ2n) is 9.31. The zero-order valence-electron chi connectivity index (χ0n) is 15.4. The van der Waals surface area contributed by atoms with Gasteiger partial charge in [0.05, 0.1) is 0 Å². The predicted molar refractivity (Wildman–Crippen MR) is 96.0 cm³/mol. The maximum atomic E-state index is 11.9. The van der Waals surface area contributed by atoms with Crippen molar-refractivity contribution in [1.82, 2.24) is 0 Å². The van der Waals surface area contributed by atoms with Crippen LogP contribution in [0.15, 0.2) is 23.6 Å². The molecule has 4 rings (SSSR count). The quantitative estimate of drug-likeness (QED) is 0.514. The Labute approximate surface area is 150 Å². The van der Waals surface area contributed by atoms with Gasteiger partial charge >= 0.3 is 6.20 Å². The molecule has 25 heavy (non-hydrogen) atoms. The van der Waals surface area contributed by atoms with Crippen molar-refractivity contribution in [1.29, 1.82) is 5.39 Å². The second kappa shape index (κ2) is 5.69. The second-order valence-corrected chi connectivity index (χ2v) is 9.31. The van der Waals surface area contributed by atoms with E-state index < -0.39 is 0 Å². The summed E-state index contributed by atoms with van der Waals surface area (Å²) >= 11 is 0. The molecule has 0 aromatic carbocycles. The number of allylic oxidation sites excluding steroid dienone is 2. The van der Waals surface area contributed by atoms with Gasteiger partial charge < -0.3 is 5.11 Å². The number of aliphatic hydroxyl groups is 1. The molecule has 0 aromatic rings. The van der Waals surface area contributed by atoms with Gasteiger partial charge in [-0.05, 0) is 79.6 Å². The van der Waals surface area contributed by atoms with Crippen molar-refractivity contribution >= 4 is 5.78 Å². The minimum atomic E-state index is 0.106. The SMILES string of the molecule is C[C@]12CC[C@H]3[C@@H](CCC4=CC(=O)CC[C@@]43C)[C@@H]1CC[C@@H]2C(O)=C[N+]#N. The molecule has 0 bridgehead atoms. The smallest absolute Gasteiger partial charge is 0.387 e. The molecule has 0 aliphatic heterocycles. The first-order valence-electron chi connectivity index (χ1n) is 9.87. The highest BCUT2D eigenvalue weighted by atomic mass is 16.3. The number of carbonyl (C=O) groups is 1. The number of fused-ring (bicyclic) bond motifs is 5. The summed E-state index contributed by atoms with van der Waals surface area (Å²) in [6.45, 7) is 4.74. The van der Waals surface area contributed by atoms with Gasteiger partial charge in [0, 0.05) is 12.3 Å². The van der Waals surface area contributed by atoms with Gasteiger partial charge in [-0.25, -0.2) is 0 Å². The van der Waals surface area contributed by atoms with Gasteiger partial charge in [-0.2, -0.15) is 0 Å². The van der Waals surface area contributed by atoms with Crippen LogP contribution < -0.4 is 0 Å². The third-order valence-electron chi connectivity index (χ3n) is 8.51. The highest BCUT2D eigenvalue weighted by molar-refractivity contribution is 5.91. The summed E-state index contributed by atoms with van der Waals surface area (Å²) in [6, 6.07) is 0. The van der Waals surface area contributed by atoms with E-state index in [0.29, 0.717) is 30.0 Å². The van der Waals surface area contributed by atoms with Crippen molar-refractivity contribution in [2.45, 2.75) is 65.2 Å². The topological polar surface area (TPSA) is 65.4 Å². The lowest BCUT2D eigenvalue weighted by atomic mass is 9.47. The van der Waals surface area contributed by atoms with Crippen molar-refractivity contribution in [3.63, 3.8) is 0 Å². The monoisotopic (exact) mass is 341 g/mol. The van der Waals surface area contributed by atoms with Gasteiger partial charge in [0.15, 0.2) is 16.5 Å². The van der Waals surface area contributed by atoms with Crippen LogP contribution in [0.2, 0.25) is 0 Å². The van der Waals surface area contributed by atoms with E-state index in [0.717, 1.165) is 32.1 Å². The predicted octanol–water partition coefficient (Wildman–Crippen LogP) is 5.39. The van der Waals surface area contributed by atoms with Crippen molar-refractivity contribution < 1.29 is 9.90 Å². The van der Waals surface area contributed by atoms with Gasteiger partial charge in [0.25, 0.3) is 0 Å². The van der Waals surface area contributed by atoms with Crippen molar-refractivity contribution in [3.8, 4) is 0 Å². The van der Waals surface area contributed by atoms with E-state index in [9.17, 15) is 9.90 Å². The van der Waals surface area contributed by atoms with E-state index in [1.54, 1.807) is 0 Å². The van der Waals surface area contributed by atoms with E-state index in [-0.39, 0.29) is 22.5 Å². The number of hydrogen-bond donors (Lipinski definition) is 1. The minimum absolute atomic E-state index is 0.106. The molecule has 3 fully saturated rings. The van der Waals surface area contributed by atoms with Crippen LogP contribution in [0.25, 0.3) is 4.98 Å². The van der Waals surface area contributed by atoms with Crippen LogP contribution >= 0.6 is 0 Å². The summed E-state index contributed by atoms with van der Waals surface area (Å²) in [6.07, 6.45) is 11.6. The molecule has 0 aromatic heterocycles. The summed E-state index contributed by atoms with van der Waals surface area (Å²) in [5.41, 5.74) is 1.72. The van der Waals surface area contributed by atoms with E-state index in [2.05, 4.69) is 18.8 Å². The third-order valence-corrected chi connectivity index (χ3v) is 8.51. The fourth-order valence-corrected chi connectivity index (χ4v) is 7.19. The Morgan fingerprint density at radius 2 is 2.00 bits per heavy atom. The first-order chi connectivity index (χ1) is 11.9. The number of aliphatic hydroxyl groups excluding tert-OH is 1. The molecule has 6 atom stereocenters. The Kier molecular flexibility index (Phi) is 3.83. The molecule has 1 N–H and O–H groups in total. The number of hydrogen-bond acceptors (Lipinski definition) is 3. The van der Waals surface area contributed by atoms with Gasteiger partial charge in [-0.1, -0.05) is 19.4 Å². The van der Waals surface area contributed by atoms with Gasteiger partial charge in [0.1, 0.15) is 0 Å². The van der Waals surface area contributed by atoms with Crippen molar-refractivity contribution in [2.75, 3.05) is 0 Å². The summed E-state index contributed by atoms with van der Waals surface area (Å²) in [4.78, 5) is 14.9. The normalized spacial score (nSPS) is 46.5. The molecule has 0 saturated heterocycles. The molecule has 0 unspecified atom stereocenters. The van der Waals surface area contributed by atoms with Crippen LogP contribution in [0.5, 0.6) is 0 Å². The van der Waals surface area contributed by atoms with E-state index in [1.165, 1.54) is 24.6 Å². The van der Waals surface area contributed by atoms with E-state index in [1.807, 2.05) is 6.08 Å². The third kappa shape index (κ3) is 2.31. The molecule has 3 saturated carbocycles. The lowest BCUT2D eigenvalue weighted by molar-refractivity contribution is -0.117. The van der Waals surface area contributed by atoms with E-state index >= 15 is 0 Å². The number of nitrogens with zero attached hydrogens (tertiary/aromatic N) is 2. The van der Waals surface area contributed by atoms with Crippen molar-refractivity contribution in [2.24, 2.45) is 34.5 Å². The zero-order valence-corrected chi connectivity index (χ0v) is 15.4. The number of rotatable bonds is 1. The lowest BCUT2D eigenvalue weighted by Gasteiger charge is -2.58. The number of ketones is 1. The Bertz CT molecular complexity index is 703. The van der Waals surface area contributed by atoms with Crippen molar-refractivity contribution in [3.05, 3.63) is 28.6 Å². The average molecular weight is 341 g/mol. The fraction of sp³-hybridized carbons (Fsp3) is 0.762. The first-order valence-corrected chi connectivity index (χ1v) is 9.87. The largest absolute Gasteiger partial charge is 0.505 e. The van der Waals surface area contributed by atoms with Crippen LogP contribution in [-0.2, 0) is 4.79 Å². The van der Waals surface area contributed by atoms with Crippen LogP contribution in [0.1, 0.15) is 65.2 Å². The van der Waals surface area contributed by atoms with E-state index in [4.69, 9.17) is 5.39 Å². The highest BCUT2D eigenvalue weighted by Gasteiger charge is 2.59. The average Bonchev–Trinajstić information content (AvgIpc) is 2.93. The standard InChI is InChI=1S/C21H28N2O2/c1-20-9-7-14(24)11-13(20)3-4-15-16-5-6-18(19(25)12-23-22)21(16,2)10-8-17(15)20/h11-12,15-18H,3-10H2,1-2H3/p+1/t15-,16-,17-,18+,20-,21-/m0/s1. The Hall–Kier alpha value is -1.63. The zero-order chi connectivity index (χ0) is 17.8. The lowest BCUT2D eigenvalue weighted by Crippen LogP contribution is -2.50. The molecule has 4 aliphatic carbocycles. The molecule has 134 valence electrons. The summed E-state index contributed by atoms with van der Waals surface area (Å²) in [5, 5.41) is 19.2. The minimum Gasteiger partial charge on any atom is -0.505 e. The summed E-state index contributed by atoms with van der Waals surface area (Å²) < 4.78 is 0. The highest BCUT2D eigenvalue weighted by Crippen LogP contribution is 2.67. The molecule has 0 heterocycles. The van der Waals surface area contributed by atoms with Gasteiger partial charge in [0.2, 0.25) is 5.39 Å². The molecule has 0 spiro atoms. The van der Waals surface area contributed by atoms with Crippen LogP contribution in [0.4, 0.5) is 0 Å². The maximum Gasteiger partial charge on any atom is 0.387 e. The molecule has 4 nitrogen and oxygen atoms in total. The fourth-order valence-electron chi connectivity index (χ4n) is 7.19. The summed E-state index contributed by atoms with van der Waals surface area (Å²) in [7, 11) is 0. The molecule has 4 aliphatic rings. The number of carbonyl (C=O) groups excluding carboxylic acids is 1. The van der Waals surface area contributed by atoms with Crippen LogP contribution in [-0.4, -0.2) is 10.9 Å². The van der Waals surface area contributed by atoms with Crippen LogP contribution in [0.3, 0.4) is 0 Å². The molecular weight excluding hydrogens is 312 g/mol. The van der Waals surface area contributed by atoms with Crippen LogP contribution in [0, 0.1) is 39.9 Å². The summed E-state index contributed by atoms with van der Waals surface area (Å²) in [5.74, 6) is 2.67. The number of diazo groups is 1. The molecular formula is C21H29N2O2+. The Morgan fingerprint density at radius 1 is 1.20 bits per heavy atom. The molecule has 0 amide bonds.